The minimum atomic E-state index is -4.35. The van der Waals surface area contributed by atoms with Gasteiger partial charge in [0, 0.05) is 24.8 Å². The molecule has 0 fully saturated rings. The highest BCUT2D eigenvalue weighted by atomic mass is 19.4. The van der Waals surface area contributed by atoms with Crippen molar-refractivity contribution < 1.29 is 32.7 Å². The molecule has 0 aliphatic carbocycles. The van der Waals surface area contributed by atoms with Crippen molar-refractivity contribution in [3.63, 3.8) is 0 Å². The van der Waals surface area contributed by atoms with E-state index in [0.29, 0.717) is 31.0 Å². The molecule has 0 radical (unpaired) electrons. The van der Waals surface area contributed by atoms with Crippen LogP contribution in [0.15, 0.2) is 72.8 Å². The molecule has 34 heavy (non-hydrogen) atoms. The third kappa shape index (κ3) is 6.88. The number of benzene rings is 3. The van der Waals surface area contributed by atoms with Gasteiger partial charge in [-0.25, -0.2) is 0 Å². The number of hydrogen-bond acceptors (Lipinski definition) is 5. The molecule has 1 unspecified atom stereocenters. The van der Waals surface area contributed by atoms with Gasteiger partial charge in [0.25, 0.3) is 0 Å². The van der Waals surface area contributed by atoms with Crippen molar-refractivity contribution in [3.05, 3.63) is 89.5 Å². The van der Waals surface area contributed by atoms with E-state index in [9.17, 15) is 13.2 Å². The largest absolute Gasteiger partial charge is 0.416 e. The fraction of sp³-hybridized carbons (Fsp3) is 0.308. The van der Waals surface area contributed by atoms with Gasteiger partial charge in [0.15, 0.2) is 0 Å². The highest BCUT2D eigenvalue weighted by molar-refractivity contribution is 5.56. The van der Waals surface area contributed by atoms with E-state index in [-0.39, 0.29) is 5.92 Å². The molecule has 0 aromatic heterocycles. The van der Waals surface area contributed by atoms with Crippen LogP contribution in [0.5, 0.6) is 11.5 Å². The van der Waals surface area contributed by atoms with Gasteiger partial charge in [-0.2, -0.15) is 22.9 Å². The van der Waals surface area contributed by atoms with Gasteiger partial charge in [0.05, 0.1) is 19.8 Å². The Morgan fingerprint density at radius 3 is 2.09 bits per heavy atom. The predicted octanol–water partition coefficient (Wildman–Crippen LogP) is 6.44. The summed E-state index contributed by atoms with van der Waals surface area (Å²) in [6.45, 7) is 3.40. The fourth-order valence-electron chi connectivity index (χ4n) is 3.67. The van der Waals surface area contributed by atoms with Crippen LogP contribution in [0.25, 0.3) is 0 Å². The van der Waals surface area contributed by atoms with E-state index >= 15 is 0 Å². The quantitative estimate of drug-likeness (QED) is 0.236. The third-order valence-electron chi connectivity index (χ3n) is 5.45. The Balaban J connectivity index is 1.84. The summed E-state index contributed by atoms with van der Waals surface area (Å²) in [6, 6.07) is 20.8. The fourth-order valence-corrected chi connectivity index (χ4v) is 3.67. The Bertz CT molecular complexity index is 1030. The number of nitrogens with zero attached hydrogens (tertiary/aromatic N) is 1. The molecule has 0 amide bonds. The van der Waals surface area contributed by atoms with Gasteiger partial charge in [0.2, 0.25) is 11.5 Å². The molecule has 3 aromatic rings. The van der Waals surface area contributed by atoms with Crippen molar-refractivity contribution in [2.24, 2.45) is 0 Å². The Labute approximate surface area is 197 Å². The summed E-state index contributed by atoms with van der Waals surface area (Å²) < 4.78 is 38.7. The minimum absolute atomic E-state index is 0.204. The number of halogens is 3. The maximum Gasteiger partial charge on any atom is 0.416 e. The van der Waals surface area contributed by atoms with Crippen LogP contribution in [0.2, 0.25) is 0 Å². The van der Waals surface area contributed by atoms with Crippen LogP contribution < -0.4 is 14.7 Å². The number of anilines is 1. The first-order valence-corrected chi connectivity index (χ1v) is 10.8. The lowest BCUT2D eigenvalue weighted by molar-refractivity contribution is -0.201. The Hall–Kier alpha value is -3.23. The van der Waals surface area contributed by atoms with Crippen molar-refractivity contribution in [2.45, 2.75) is 25.4 Å². The monoisotopic (exact) mass is 475 g/mol. The van der Waals surface area contributed by atoms with Gasteiger partial charge in [-0.3, -0.25) is 0 Å². The maximum atomic E-state index is 12.9. The van der Waals surface area contributed by atoms with Crippen molar-refractivity contribution in [3.8, 4) is 11.5 Å². The van der Waals surface area contributed by atoms with Gasteiger partial charge in [0.1, 0.15) is 0 Å². The van der Waals surface area contributed by atoms with E-state index < -0.39 is 11.7 Å². The first-order valence-electron chi connectivity index (χ1n) is 10.8. The average molecular weight is 476 g/mol. The van der Waals surface area contributed by atoms with E-state index in [1.807, 2.05) is 24.3 Å². The van der Waals surface area contributed by atoms with E-state index in [4.69, 9.17) is 19.6 Å². The topological polar surface area (TPSA) is 40.2 Å². The summed E-state index contributed by atoms with van der Waals surface area (Å²) in [6.07, 6.45) is -3.78. The molecule has 0 bridgehead atoms. The maximum absolute atomic E-state index is 12.9. The third-order valence-corrected chi connectivity index (χ3v) is 5.45. The summed E-state index contributed by atoms with van der Waals surface area (Å²) >= 11 is 0. The lowest BCUT2D eigenvalue weighted by Gasteiger charge is -2.29. The SMILES string of the molecule is COOc1ccc(N(CCc2ccc(C(F)(F)F)cc2)CC(C)c2ccccc2)cc1OOC. The summed E-state index contributed by atoms with van der Waals surface area (Å²) in [5, 5.41) is 0. The van der Waals surface area contributed by atoms with Crippen LogP contribution >= 0.6 is 0 Å². The minimum Gasteiger partial charge on any atom is -0.370 e. The number of rotatable bonds is 11. The second-order valence-corrected chi connectivity index (χ2v) is 7.83. The number of hydrogen-bond donors (Lipinski definition) is 0. The second kappa shape index (κ2) is 11.8. The van der Waals surface area contributed by atoms with Crippen LogP contribution in [0.1, 0.15) is 29.5 Å². The molecule has 182 valence electrons. The van der Waals surface area contributed by atoms with E-state index in [1.165, 1.54) is 31.9 Å². The second-order valence-electron chi connectivity index (χ2n) is 7.83. The van der Waals surface area contributed by atoms with Crippen LogP contribution in [0.4, 0.5) is 18.9 Å². The standard InChI is InChI=1S/C26H28F3NO4/c1-19(21-7-5-4-6-8-21)18-30(16-15-20-9-11-22(12-10-20)26(27,28)29)23-13-14-24(33-31-2)25(17-23)34-32-3/h4-14,17,19H,15-16,18H2,1-3H3. The van der Waals surface area contributed by atoms with Crippen LogP contribution in [-0.2, 0) is 22.4 Å². The van der Waals surface area contributed by atoms with Gasteiger partial charge >= 0.3 is 6.18 Å². The first kappa shape index (κ1) is 25.4. The molecule has 0 heterocycles. The molecule has 0 N–H and O–H groups in total. The Morgan fingerprint density at radius 1 is 0.824 bits per heavy atom. The summed E-state index contributed by atoms with van der Waals surface area (Å²) in [5.74, 6) is 0.899. The Morgan fingerprint density at radius 2 is 1.47 bits per heavy atom. The molecule has 1 atom stereocenters. The normalized spacial score (nSPS) is 12.3. The van der Waals surface area contributed by atoms with Gasteiger partial charge < -0.3 is 14.7 Å². The van der Waals surface area contributed by atoms with Crippen LogP contribution in [-0.4, -0.2) is 27.3 Å². The number of alkyl halides is 3. The molecule has 0 saturated heterocycles. The van der Waals surface area contributed by atoms with Crippen molar-refractivity contribution in [2.75, 3.05) is 32.2 Å². The van der Waals surface area contributed by atoms with Crippen LogP contribution in [0.3, 0.4) is 0 Å². The molecule has 0 saturated carbocycles. The molecule has 0 spiro atoms. The summed E-state index contributed by atoms with van der Waals surface area (Å²) in [7, 11) is 2.78. The zero-order valence-electron chi connectivity index (χ0n) is 19.3. The van der Waals surface area contributed by atoms with Crippen molar-refractivity contribution >= 4 is 5.69 Å². The van der Waals surface area contributed by atoms with Crippen molar-refractivity contribution in [1.82, 2.24) is 0 Å². The molecular weight excluding hydrogens is 447 g/mol. The molecular formula is C26H28F3NO4. The molecule has 3 rings (SSSR count). The van der Waals surface area contributed by atoms with Gasteiger partial charge in [-0.1, -0.05) is 49.4 Å². The van der Waals surface area contributed by atoms with Gasteiger partial charge in [-0.15, -0.1) is 0 Å². The lowest BCUT2D eigenvalue weighted by Crippen LogP contribution is -2.30. The average Bonchev–Trinajstić information content (AvgIpc) is 2.83. The highest BCUT2D eigenvalue weighted by Crippen LogP contribution is 2.34. The predicted molar refractivity (Wildman–Crippen MR) is 124 cm³/mol. The summed E-state index contributed by atoms with van der Waals surface area (Å²) in [5.41, 5.74) is 2.21. The highest BCUT2D eigenvalue weighted by Gasteiger charge is 2.30. The van der Waals surface area contributed by atoms with E-state index in [2.05, 4.69) is 24.0 Å². The molecule has 5 nitrogen and oxygen atoms in total. The lowest BCUT2D eigenvalue weighted by atomic mass is 10.00. The van der Waals surface area contributed by atoms with E-state index in [1.54, 1.807) is 12.1 Å². The molecule has 3 aromatic carbocycles. The van der Waals surface area contributed by atoms with Gasteiger partial charge in [-0.05, 0) is 47.7 Å². The van der Waals surface area contributed by atoms with Crippen LogP contribution in [0, 0.1) is 0 Å². The van der Waals surface area contributed by atoms with Crippen molar-refractivity contribution in [1.29, 1.82) is 0 Å². The zero-order chi connectivity index (χ0) is 24.6. The Kier molecular flexibility index (Phi) is 8.79. The smallest absolute Gasteiger partial charge is 0.370 e. The molecule has 8 heteroatoms. The summed E-state index contributed by atoms with van der Waals surface area (Å²) in [4.78, 5) is 22.1. The molecule has 0 aliphatic heterocycles. The zero-order valence-corrected chi connectivity index (χ0v) is 19.3. The first-order chi connectivity index (χ1) is 16.3. The molecule has 0 aliphatic rings. The van der Waals surface area contributed by atoms with E-state index in [0.717, 1.165) is 23.4 Å².